The van der Waals surface area contributed by atoms with Crippen molar-refractivity contribution in [1.82, 2.24) is 14.8 Å². The molecule has 0 atom stereocenters. The Labute approximate surface area is 194 Å². The van der Waals surface area contributed by atoms with Crippen molar-refractivity contribution in [2.24, 2.45) is 0 Å². The molecular formula is C25H21FN4O2S. The van der Waals surface area contributed by atoms with E-state index in [9.17, 15) is 14.0 Å². The van der Waals surface area contributed by atoms with Crippen LogP contribution in [0.2, 0.25) is 0 Å². The number of aryl methyl sites for hydroxylation is 1. The van der Waals surface area contributed by atoms with Crippen molar-refractivity contribution >= 4 is 29.1 Å². The first kappa shape index (κ1) is 22.4. The molecule has 33 heavy (non-hydrogen) atoms. The molecule has 0 bridgehead atoms. The van der Waals surface area contributed by atoms with E-state index in [1.165, 1.54) is 24.8 Å². The van der Waals surface area contributed by atoms with Crippen LogP contribution in [0.3, 0.4) is 0 Å². The third-order valence-electron chi connectivity index (χ3n) is 4.93. The number of anilines is 1. The Morgan fingerprint density at radius 3 is 2.48 bits per heavy atom. The van der Waals surface area contributed by atoms with Gasteiger partial charge in [0.15, 0.2) is 16.8 Å². The highest BCUT2D eigenvalue weighted by molar-refractivity contribution is 7.99. The number of thioether (sulfide) groups is 1. The summed E-state index contributed by atoms with van der Waals surface area (Å²) in [5.74, 6) is -0.322. The summed E-state index contributed by atoms with van der Waals surface area (Å²) < 4.78 is 16.3. The fourth-order valence-corrected chi connectivity index (χ4v) is 4.00. The molecule has 0 aliphatic rings. The van der Waals surface area contributed by atoms with Gasteiger partial charge in [0.25, 0.3) is 0 Å². The number of hydrogen-bond donors (Lipinski definition) is 1. The Morgan fingerprint density at radius 2 is 1.76 bits per heavy atom. The van der Waals surface area contributed by atoms with Gasteiger partial charge in [-0.1, -0.05) is 53.7 Å². The minimum atomic E-state index is -0.405. The Kier molecular flexibility index (Phi) is 6.65. The predicted octanol–water partition coefficient (Wildman–Crippen LogP) is 5.32. The van der Waals surface area contributed by atoms with Crippen molar-refractivity contribution in [3.05, 3.63) is 89.7 Å². The highest BCUT2D eigenvalue weighted by atomic mass is 32.2. The van der Waals surface area contributed by atoms with Crippen molar-refractivity contribution in [3.63, 3.8) is 0 Å². The minimum absolute atomic E-state index is 0.0611. The number of Topliss-reactive ketones (excluding diaryl/α,β-unsaturated/α-hetero) is 1. The Morgan fingerprint density at radius 1 is 1.00 bits per heavy atom. The van der Waals surface area contributed by atoms with E-state index < -0.39 is 5.82 Å². The average Bonchev–Trinajstić information content (AvgIpc) is 3.22. The minimum Gasteiger partial charge on any atom is -0.325 e. The lowest BCUT2D eigenvalue weighted by atomic mass is 10.1. The summed E-state index contributed by atoms with van der Waals surface area (Å²) in [5, 5.41) is 11.7. The van der Waals surface area contributed by atoms with Gasteiger partial charge in [0.1, 0.15) is 5.82 Å². The quantitative estimate of drug-likeness (QED) is 0.299. The highest BCUT2D eigenvalue weighted by Crippen LogP contribution is 2.29. The highest BCUT2D eigenvalue weighted by Gasteiger charge is 2.19. The molecule has 0 unspecified atom stereocenters. The summed E-state index contributed by atoms with van der Waals surface area (Å²) in [6.45, 7) is 3.46. The molecule has 0 spiro atoms. The first-order valence-electron chi connectivity index (χ1n) is 10.2. The maximum absolute atomic E-state index is 14.5. The molecule has 6 nitrogen and oxygen atoms in total. The van der Waals surface area contributed by atoms with E-state index in [-0.39, 0.29) is 17.4 Å². The second-order valence-corrected chi connectivity index (χ2v) is 8.37. The van der Waals surface area contributed by atoms with Crippen LogP contribution >= 0.6 is 11.8 Å². The number of hydrogen-bond acceptors (Lipinski definition) is 5. The summed E-state index contributed by atoms with van der Waals surface area (Å²) in [6.07, 6.45) is 0. The summed E-state index contributed by atoms with van der Waals surface area (Å²) in [7, 11) is 0. The van der Waals surface area contributed by atoms with Crippen molar-refractivity contribution in [2.45, 2.75) is 19.0 Å². The Bertz CT molecular complexity index is 1320. The molecule has 0 aliphatic heterocycles. The van der Waals surface area contributed by atoms with Gasteiger partial charge in [-0.05, 0) is 50.2 Å². The fraction of sp³-hybridized carbons (Fsp3) is 0.120. The smallest absolute Gasteiger partial charge is 0.234 e. The van der Waals surface area contributed by atoms with Crippen LogP contribution in [-0.4, -0.2) is 32.2 Å². The molecule has 0 saturated carbocycles. The molecule has 0 fully saturated rings. The topological polar surface area (TPSA) is 76.9 Å². The molecule has 3 aromatic carbocycles. The number of rotatable bonds is 7. The zero-order valence-corrected chi connectivity index (χ0v) is 18.9. The molecular weight excluding hydrogens is 439 g/mol. The largest absolute Gasteiger partial charge is 0.325 e. The second kappa shape index (κ2) is 9.79. The number of ketones is 1. The van der Waals surface area contributed by atoms with Crippen molar-refractivity contribution < 1.29 is 14.0 Å². The number of benzene rings is 3. The normalized spacial score (nSPS) is 10.8. The number of halogens is 1. The lowest BCUT2D eigenvalue weighted by Gasteiger charge is -2.11. The van der Waals surface area contributed by atoms with Crippen LogP contribution in [0.1, 0.15) is 22.8 Å². The lowest BCUT2D eigenvalue weighted by molar-refractivity contribution is -0.113. The van der Waals surface area contributed by atoms with Crippen molar-refractivity contribution in [2.75, 3.05) is 11.1 Å². The van der Waals surface area contributed by atoms with Crippen LogP contribution < -0.4 is 5.32 Å². The van der Waals surface area contributed by atoms with Crippen LogP contribution in [0.15, 0.2) is 78.0 Å². The van der Waals surface area contributed by atoms with E-state index in [0.29, 0.717) is 27.8 Å². The van der Waals surface area contributed by atoms with E-state index in [1.54, 1.807) is 47.0 Å². The summed E-state index contributed by atoms with van der Waals surface area (Å²) in [5.41, 5.74) is 3.24. The standard InChI is InChI=1S/C25H21FN4O2S/c1-16-10-12-20(13-11-16)30-24(21-8-3-4-9-22(21)26)28-29-25(30)33-15-23(32)27-19-7-5-6-18(14-19)17(2)31/h3-14H,15H2,1-2H3,(H,27,32). The SMILES string of the molecule is CC(=O)c1cccc(NC(=O)CSc2nnc(-c3ccccc3F)n2-c2ccc(C)cc2)c1. The van der Waals surface area contributed by atoms with E-state index in [2.05, 4.69) is 15.5 Å². The summed E-state index contributed by atoms with van der Waals surface area (Å²) >= 11 is 1.19. The van der Waals surface area contributed by atoms with E-state index >= 15 is 0 Å². The van der Waals surface area contributed by atoms with Crippen molar-refractivity contribution in [3.8, 4) is 17.1 Å². The monoisotopic (exact) mass is 460 g/mol. The van der Waals surface area contributed by atoms with Crippen LogP contribution in [0.4, 0.5) is 10.1 Å². The molecule has 4 rings (SSSR count). The molecule has 1 heterocycles. The van der Waals surface area contributed by atoms with Gasteiger partial charge in [-0.25, -0.2) is 4.39 Å². The molecule has 0 saturated heterocycles. The maximum atomic E-state index is 14.5. The molecule has 1 aromatic heterocycles. The Hall–Kier alpha value is -3.78. The zero-order valence-electron chi connectivity index (χ0n) is 18.1. The number of carbonyl (C=O) groups is 2. The molecule has 8 heteroatoms. The van der Waals surface area contributed by atoms with Gasteiger partial charge < -0.3 is 5.32 Å². The lowest BCUT2D eigenvalue weighted by Crippen LogP contribution is -2.15. The van der Waals surface area contributed by atoms with Gasteiger partial charge in [0.2, 0.25) is 5.91 Å². The first-order valence-corrected chi connectivity index (χ1v) is 11.2. The van der Waals surface area contributed by atoms with Gasteiger partial charge in [-0.2, -0.15) is 0 Å². The molecule has 4 aromatic rings. The van der Waals surface area contributed by atoms with Crippen LogP contribution in [-0.2, 0) is 4.79 Å². The van der Waals surface area contributed by atoms with Gasteiger partial charge >= 0.3 is 0 Å². The van der Waals surface area contributed by atoms with Gasteiger partial charge in [0.05, 0.1) is 11.3 Å². The molecule has 1 N–H and O–H groups in total. The molecule has 166 valence electrons. The van der Waals surface area contributed by atoms with Gasteiger partial charge in [0, 0.05) is 16.9 Å². The third-order valence-corrected chi connectivity index (χ3v) is 5.85. The number of amides is 1. The number of aromatic nitrogens is 3. The fourth-order valence-electron chi connectivity index (χ4n) is 3.25. The number of nitrogens with zero attached hydrogens (tertiary/aromatic N) is 3. The average molecular weight is 461 g/mol. The second-order valence-electron chi connectivity index (χ2n) is 7.43. The van der Waals surface area contributed by atoms with E-state index in [1.807, 2.05) is 31.2 Å². The van der Waals surface area contributed by atoms with Crippen LogP contribution in [0.25, 0.3) is 17.1 Å². The summed E-state index contributed by atoms with van der Waals surface area (Å²) in [4.78, 5) is 24.1. The molecule has 0 radical (unpaired) electrons. The zero-order chi connectivity index (χ0) is 23.4. The van der Waals surface area contributed by atoms with Crippen LogP contribution in [0.5, 0.6) is 0 Å². The van der Waals surface area contributed by atoms with Gasteiger partial charge in [-0.15, -0.1) is 10.2 Å². The number of nitrogens with one attached hydrogen (secondary N) is 1. The maximum Gasteiger partial charge on any atom is 0.234 e. The van der Waals surface area contributed by atoms with Crippen LogP contribution in [0, 0.1) is 12.7 Å². The Balaban J connectivity index is 1.59. The van der Waals surface area contributed by atoms with E-state index in [4.69, 9.17) is 0 Å². The summed E-state index contributed by atoms with van der Waals surface area (Å²) in [6, 6.07) is 20.8. The van der Waals surface area contributed by atoms with E-state index in [0.717, 1.165) is 11.3 Å². The van der Waals surface area contributed by atoms with Crippen molar-refractivity contribution in [1.29, 1.82) is 0 Å². The van der Waals surface area contributed by atoms with Gasteiger partial charge in [-0.3, -0.25) is 14.2 Å². The third kappa shape index (κ3) is 5.18. The first-order chi connectivity index (χ1) is 15.9. The number of carbonyl (C=O) groups excluding carboxylic acids is 2. The molecule has 1 amide bonds. The molecule has 0 aliphatic carbocycles. The predicted molar refractivity (Wildman–Crippen MR) is 127 cm³/mol.